The number of benzene rings is 2. The fourth-order valence-electron chi connectivity index (χ4n) is 2.77. The van der Waals surface area contributed by atoms with Crippen LogP contribution in [0, 0.1) is 0 Å². The highest BCUT2D eigenvalue weighted by atomic mass is 19.4. The van der Waals surface area contributed by atoms with Crippen molar-refractivity contribution in [2.24, 2.45) is 0 Å². The second-order valence-corrected chi connectivity index (χ2v) is 6.17. The minimum absolute atomic E-state index is 0.225. The molecule has 0 radical (unpaired) electrons. The van der Waals surface area contributed by atoms with E-state index in [9.17, 15) is 22.8 Å². The van der Waals surface area contributed by atoms with Crippen LogP contribution in [0.25, 0.3) is 0 Å². The Morgan fingerprint density at radius 2 is 1.89 bits per heavy atom. The molecule has 2 aromatic rings. The molecule has 0 saturated carbocycles. The van der Waals surface area contributed by atoms with Crippen LogP contribution in [0.4, 0.5) is 23.7 Å². The molecule has 3 rings (SSSR count). The molecule has 28 heavy (non-hydrogen) atoms. The summed E-state index contributed by atoms with van der Waals surface area (Å²) in [6.07, 6.45) is -5.46. The van der Waals surface area contributed by atoms with Gasteiger partial charge in [-0.05, 0) is 42.2 Å². The quantitative estimate of drug-likeness (QED) is 0.809. The van der Waals surface area contributed by atoms with Gasteiger partial charge in [-0.2, -0.15) is 13.2 Å². The molecule has 2 aromatic carbocycles. The lowest BCUT2D eigenvalue weighted by Gasteiger charge is -2.25. The van der Waals surface area contributed by atoms with Crippen LogP contribution in [-0.2, 0) is 28.7 Å². The number of hydrogen-bond acceptors (Lipinski definition) is 4. The van der Waals surface area contributed by atoms with Crippen LogP contribution in [0.1, 0.15) is 23.1 Å². The molecule has 1 aliphatic rings. The molecule has 1 unspecified atom stereocenters. The van der Waals surface area contributed by atoms with E-state index in [-0.39, 0.29) is 18.0 Å². The van der Waals surface area contributed by atoms with Crippen LogP contribution in [-0.4, -0.2) is 23.3 Å². The maximum absolute atomic E-state index is 12.5. The number of halogens is 3. The van der Waals surface area contributed by atoms with Crippen molar-refractivity contribution < 1.29 is 37.3 Å². The summed E-state index contributed by atoms with van der Waals surface area (Å²) in [6, 6.07) is 9.26. The zero-order valence-corrected chi connectivity index (χ0v) is 14.5. The van der Waals surface area contributed by atoms with Crippen LogP contribution in [0.5, 0.6) is 5.75 Å². The van der Waals surface area contributed by atoms with Crippen molar-refractivity contribution in [3.05, 3.63) is 59.2 Å². The number of fused-ring (bicyclic) bond motifs is 1. The van der Waals surface area contributed by atoms with E-state index in [4.69, 9.17) is 14.6 Å². The lowest BCUT2D eigenvalue weighted by Crippen LogP contribution is -2.31. The fraction of sp³-hybridized carbons (Fsp3) is 0.263. The first-order valence-corrected chi connectivity index (χ1v) is 8.35. The number of alkyl halides is 3. The molecule has 0 spiro atoms. The van der Waals surface area contributed by atoms with Gasteiger partial charge in [0.1, 0.15) is 12.4 Å². The molecule has 1 aliphatic heterocycles. The average molecular weight is 395 g/mol. The second kappa shape index (κ2) is 7.79. The number of carboxylic acids is 1. The van der Waals surface area contributed by atoms with Gasteiger partial charge in [-0.15, -0.1) is 0 Å². The molecule has 9 heteroatoms. The summed E-state index contributed by atoms with van der Waals surface area (Å²) < 4.78 is 48.1. The van der Waals surface area contributed by atoms with Gasteiger partial charge in [0.15, 0.2) is 6.10 Å². The summed E-state index contributed by atoms with van der Waals surface area (Å²) in [6.45, 7) is -0.225. The minimum atomic E-state index is -4.43. The molecule has 0 saturated heterocycles. The molecule has 0 fully saturated rings. The van der Waals surface area contributed by atoms with Gasteiger partial charge in [-0.1, -0.05) is 24.3 Å². The Kier molecular flexibility index (Phi) is 5.43. The third-order valence-corrected chi connectivity index (χ3v) is 4.20. The van der Waals surface area contributed by atoms with Crippen LogP contribution in [0.2, 0.25) is 0 Å². The second-order valence-electron chi connectivity index (χ2n) is 6.17. The van der Waals surface area contributed by atoms with E-state index in [2.05, 4.69) is 5.32 Å². The third-order valence-electron chi connectivity index (χ3n) is 4.20. The highest BCUT2D eigenvalue weighted by Gasteiger charge is 2.30. The Labute approximate surface area is 157 Å². The van der Waals surface area contributed by atoms with Gasteiger partial charge >= 0.3 is 18.2 Å². The van der Waals surface area contributed by atoms with E-state index < -0.39 is 29.9 Å². The van der Waals surface area contributed by atoms with Gasteiger partial charge in [-0.3, -0.25) is 5.32 Å². The molecule has 1 amide bonds. The van der Waals surface area contributed by atoms with Crippen molar-refractivity contribution in [3.63, 3.8) is 0 Å². The number of hydrogen-bond donors (Lipinski definition) is 2. The third kappa shape index (κ3) is 4.54. The van der Waals surface area contributed by atoms with E-state index >= 15 is 0 Å². The van der Waals surface area contributed by atoms with Gasteiger partial charge in [0, 0.05) is 0 Å². The predicted octanol–water partition coefficient (Wildman–Crippen LogP) is 4.23. The Bertz CT molecular complexity index is 880. The summed E-state index contributed by atoms with van der Waals surface area (Å²) in [4.78, 5) is 23.2. The van der Waals surface area contributed by atoms with Gasteiger partial charge in [0.05, 0.1) is 11.3 Å². The van der Waals surface area contributed by atoms with Crippen molar-refractivity contribution >= 4 is 17.7 Å². The molecule has 6 nitrogen and oxygen atoms in total. The lowest BCUT2D eigenvalue weighted by molar-refractivity contribution is -0.145. The number of ether oxygens (including phenoxy) is 2. The van der Waals surface area contributed by atoms with Crippen molar-refractivity contribution in [2.75, 3.05) is 5.32 Å². The SMILES string of the molecule is O=C(Nc1cccc2c1OC(C(=O)O)CC2)OCc1ccc(C(F)(F)F)cc1. The van der Waals surface area contributed by atoms with E-state index in [1.165, 1.54) is 12.1 Å². The number of aliphatic carboxylic acids is 1. The Morgan fingerprint density at radius 3 is 2.54 bits per heavy atom. The number of rotatable bonds is 4. The number of anilines is 1. The molecule has 1 atom stereocenters. The van der Waals surface area contributed by atoms with E-state index in [0.29, 0.717) is 18.4 Å². The van der Waals surface area contributed by atoms with Gasteiger partial charge in [-0.25, -0.2) is 9.59 Å². The average Bonchev–Trinajstić information content (AvgIpc) is 2.66. The van der Waals surface area contributed by atoms with Gasteiger partial charge in [0.2, 0.25) is 0 Å². The molecular weight excluding hydrogens is 379 g/mol. The monoisotopic (exact) mass is 395 g/mol. The van der Waals surface area contributed by atoms with Crippen LogP contribution >= 0.6 is 0 Å². The number of carbonyl (C=O) groups excluding carboxylic acids is 1. The number of carboxylic acid groups (broad SMARTS) is 1. The predicted molar refractivity (Wildman–Crippen MR) is 92.1 cm³/mol. The Hall–Kier alpha value is -3.23. The Morgan fingerprint density at radius 1 is 1.18 bits per heavy atom. The fourth-order valence-corrected chi connectivity index (χ4v) is 2.77. The lowest BCUT2D eigenvalue weighted by atomic mass is 10.0. The van der Waals surface area contributed by atoms with Crippen LogP contribution in [0.15, 0.2) is 42.5 Å². The van der Waals surface area contributed by atoms with Crippen molar-refractivity contribution in [2.45, 2.75) is 31.7 Å². The first-order valence-electron chi connectivity index (χ1n) is 8.35. The summed E-state index contributed by atoms with van der Waals surface area (Å²) in [5, 5.41) is 11.6. The van der Waals surface area contributed by atoms with Gasteiger partial charge in [0.25, 0.3) is 0 Å². The van der Waals surface area contributed by atoms with E-state index in [1.54, 1.807) is 18.2 Å². The number of aryl methyl sites for hydroxylation is 1. The van der Waals surface area contributed by atoms with Crippen LogP contribution in [0.3, 0.4) is 0 Å². The molecule has 0 bridgehead atoms. The molecule has 0 aliphatic carbocycles. The summed E-state index contributed by atoms with van der Waals surface area (Å²) >= 11 is 0. The first kappa shape index (κ1) is 19.5. The number of para-hydroxylation sites is 1. The molecule has 1 heterocycles. The topological polar surface area (TPSA) is 84.9 Å². The number of amides is 1. The largest absolute Gasteiger partial charge is 0.479 e. The van der Waals surface area contributed by atoms with E-state index in [1.807, 2.05) is 0 Å². The van der Waals surface area contributed by atoms with Crippen LogP contribution < -0.4 is 10.1 Å². The summed E-state index contributed by atoms with van der Waals surface area (Å²) in [7, 11) is 0. The highest BCUT2D eigenvalue weighted by molar-refractivity contribution is 5.87. The van der Waals surface area contributed by atoms with Gasteiger partial charge < -0.3 is 14.6 Å². The minimum Gasteiger partial charge on any atom is -0.479 e. The van der Waals surface area contributed by atoms with Crippen molar-refractivity contribution in [3.8, 4) is 5.75 Å². The number of carbonyl (C=O) groups is 2. The molecule has 0 aromatic heterocycles. The Balaban J connectivity index is 1.62. The smallest absolute Gasteiger partial charge is 0.416 e. The molecular formula is C19H16F3NO5. The van der Waals surface area contributed by atoms with Crippen molar-refractivity contribution in [1.29, 1.82) is 0 Å². The first-order chi connectivity index (χ1) is 13.2. The summed E-state index contributed by atoms with van der Waals surface area (Å²) in [5.41, 5.74) is 0.626. The van der Waals surface area contributed by atoms with E-state index in [0.717, 1.165) is 17.7 Å². The summed E-state index contributed by atoms with van der Waals surface area (Å²) in [5.74, 6) is -0.821. The van der Waals surface area contributed by atoms with Crippen molar-refractivity contribution in [1.82, 2.24) is 0 Å². The standard InChI is InChI=1S/C19H16F3NO5/c20-19(21,22)13-7-4-11(5-8-13)10-27-18(26)23-14-3-1-2-12-6-9-15(17(24)25)28-16(12)14/h1-5,7-8,15H,6,9-10H2,(H,23,26)(H,24,25). The highest BCUT2D eigenvalue weighted by Crippen LogP contribution is 2.35. The molecule has 2 N–H and O–H groups in total. The molecule has 148 valence electrons. The zero-order valence-electron chi connectivity index (χ0n) is 14.5. The normalized spacial score (nSPS) is 15.9. The number of nitrogens with one attached hydrogen (secondary N) is 1. The maximum atomic E-state index is 12.5. The maximum Gasteiger partial charge on any atom is 0.416 e. The zero-order chi connectivity index (χ0) is 20.3.